The van der Waals surface area contributed by atoms with Gasteiger partial charge in [-0.05, 0) is 37.3 Å². The fraction of sp³-hybridized carbons (Fsp3) is 0.611. The molecule has 1 spiro atoms. The molecule has 1 aliphatic heterocycles. The maximum atomic E-state index is 12.9. The van der Waals surface area contributed by atoms with Gasteiger partial charge in [0.05, 0.1) is 5.75 Å². The van der Waals surface area contributed by atoms with Gasteiger partial charge in [-0.1, -0.05) is 24.3 Å². The Bertz CT molecular complexity index is 768. The van der Waals surface area contributed by atoms with Crippen LogP contribution in [0.5, 0.6) is 0 Å². The number of hydrogen-bond donors (Lipinski definition) is 0. The number of nitrogens with zero attached hydrogens (tertiary/aromatic N) is 2. The van der Waals surface area contributed by atoms with Crippen LogP contribution in [0.1, 0.15) is 30.9 Å². The van der Waals surface area contributed by atoms with Gasteiger partial charge in [-0.25, -0.2) is 8.42 Å². The molecule has 2 fully saturated rings. The van der Waals surface area contributed by atoms with E-state index in [2.05, 4.69) is 24.3 Å². The summed E-state index contributed by atoms with van der Waals surface area (Å²) >= 11 is 0. The minimum absolute atomic E-state index is 0.0697. The molecule has 2 atom stereocenters. The zero-order valence-electron chi connectivity index (χ0n) is 14.1. The van der Waals surface area contributed by atoms with Crippen molar-refractivity contribution < 1.29 is 13.2 Å². The Balaban J connectivity index is 1.43. The molecule has 1 saturated heterocycles. The molecule has 1 amide bonds. The highest BCUT2D eigenvalue weighted by Gasteiger charge is 2.62. The molecule has 6 heteroatoms. The van der Waals surface area contributed by atoms with E-state index in [1.54, 1.807) is 6.92 Å². The lowest BCUT2D eigenvalue weighted by atomic mass is 9.95. The van der Waals surface area contributed by atoms with Gasteiger partial charge in [-0.2, -0.15) is 4.31 Å². The van der Waals surface area contributed by atoms with E-state index in [4.69, 9.17) is 0 Å². The summed E-state index contributed by atoms with van der Waals surface area (Å²) in [7, 11) is -3.14. The van der Waals surface area contributed by atoms with Crippen LogP contribution < -0.4 is 0 Å². The van der Waals surface area contributed by atoms with Crippen LogP contribution in [0.25, 0.3) is 0 Å². The first kappa shape index (κ1) is 16.1. The van der Waals surface area contributed by atoms with Gasteiger partial charge in [0.25, 0.3) is 0 Å². The quantitative estimate of drug-likeness (QED) is 0.829. The van der Waals surface area contributed by atoms with Crippen molar-refractivity contribution >= 4 is 15.9 Å². The van der Waals surface area contributed by atoms with Gasteiger partial charge < -0.3 is 4.90 Å². The average Bonchev–Trinajstić information content (AvgIpc) is 3.23. The Morgan fingerprint density at radius 2 is 1.92 bits per heavy atom. The van der Waals surface area contributed by atoms with Crippen LogP contribution in [0.15, 0.2) is 24.3 Å². The number of piperazine rings is 1. The highest BCUT2D eigenvalue weighted by Crippen LogP contribution is 2.61. The maximum Gasteiger partial charge on any atom is 0.226 e. The van der Waals surface area contributed by atoms with Crippen LogP contribution in [0.2, 0.25) is 0 Å². The van der Waals surface area contributed by atoms with Gasteiger partial charge in [0.15, 0.2) is 0 Å². The van der Waals surface area contributed by atoms with Crippen LogP contribution in [-0.4, -0.2) is 55.5 Å². The summed E-state index contributed by atoms with van der Waals surface area (Å²) in [5, 5.41) is 0. The van der Waals surface area contributed by atoms with Gasteiger partial charge in [0.1, 0.15) is 0 Å². The Morgan fingerprint density at radius 1 is 1.21 bits per heavy atom. The first-order valence-corrected chi connectivity index (χ1v) is 10.4. The lowest BCUT2D eigenvalue weighted by molar-refractivity contribution is -0.134. The van der Waals surface area contributed by atoms with E-state index >= 15 is 0 Å². The van der Waals surface area contributed by atoms with E-state index in [9.17, 15) is 13.2 Å². The minimum Gasteiger partial charge on any atom is -0.340 e. The van der Waals surface area contributed by atoms with E-state index in [0.29, 0.717) is 26.2 Å². The third-order valence-electron chi connectivity index (χ3n) is 6.08. The summed E-state index contributed by atoms with van der Waals surface area (Å²) in [6.45, 7) is 3.56. The van der Waals surface area contributed by atoms with Crippen molar-refractivity contribution in [1.29, 1.82) is 0 Å². The van der Waals surface area contributed by atoms with Crippen molar-refractivity contribution in [3.63, 3.8) is 0 Å². The van der Waals surface area contributed by atoms with Gasteiger partial charge in [-0.15, -0.1) is 0 Å². The third-order valence-corrected chi connectivity index (χ3v) is 7.96. The number of fused-ring (bicyclic) bond motifs is 2. The molecule has 4 rings (SSSR count). The lowest BCUT2D eigenvalue weighted by Crippen LogP contribution is -2.51. The van der Waals surface area contributed by atoms with Crippen molar-refractivity contribution in [3.8, 4) is 0 Å². The summed E-state index contributed by atoms with van der Waals surface area (Å²) in [5.74, 6) is 0.444. The average molecular weight is 348 g/mol. The second-order valence-electron chi connectivity index (χ2n) is 7.19. The van der Waals surface area contributed by atoms with Gasteiger partial charge in [0, 0.05) is 37.5 Å². The molecule has 2 aliphatic carbocycles. The molecule has 1 aromatic carbocycles. The minimum atomic E-state index is -3.14. The smallest absolute Gasteiger partial charge is 0.226 e. The molecule has 24 heavy (non-hydrogen) atoms. The molecule has 130 valence electrons. The lowest BCUT2D eigenvalue weighted by Gasteiger charge is -2.34. The molecule has 0 radical (unpaired) electrons. The first-order valence-electron chi connectivity index (χ1n) is 8.83. The van der Waals surface area contributed by atoms with Gasteiger partial charge in [-0.3, -0.25) is 4.79 Å². The van der Waals surface area contributed by atoms with E-state index in [0.717, 1.165) is 19.3 Å². The molecule has 0 N–H and O–H groups in total. The number of aryl methyl sites for hydroxylation is 1. The molecule has 2 unspecified atom stereocenters. The molecule has 3 aliphatic rings. The number of carbonyl (C=O) groups excluding carboxylic acids is 1. The maximum absolute atomic E-state index is 12.9. The number of benzene rings is 1. The summed E-state index contributed by atoms with van der Waals surface area (Å²) in [6, 6.07) is 8.50. The Morgan fingerprint density at radius 3 is 2.62 bits per heavy atom. The molecule has 0 aromatic heterocycles. The number of amides is 1. The molecular formula is C18H24N2O3S. The topological polar surface area (TPSA) is 57.7 Å². The predicted molar refractivity (Wildman–Crippen MR) is 92.2 cm³/mol. The molecule has 1 saturated carbocycles. The fourth-order valence-electron chi connectivity index (χ4n) is 4.51. The Labute approximate surface area is 143 Å². The standard InChI is InChI=1S/C18H24N2O3S/c1-2-24(22,23)20-11-9-19(10-12-20)17(21)16-13-18(16)8-7-14-5-3-4-6-15(14)18/h3-6,16H,2,7-13H2,1H3. The highest BCUT2D eigenvalue weighted by molar-refractivity contribution is 7.89. The van der Waals surface area contributed by atoms with Gasteiger partial charge >= 0.3 is 0 Å². The fourth-order valence-corrected chi connectivity index (χ4v) is 5.59. The normalized spacial score (nSPS) is 29.7. The predicted octanol–water partition coefficient (Wildman–Crippen LogP) is 1.38. The molecule has 1 aromatic rings. The van der Waals surface area contributed by atoms with Crippen molar-refractivity contribution in [2.24, 2.45) is 5.92 Å². The number of sulfonamides is 1. The van der Waals surface area contributed by atoms with Crippen LogP contribution in [0, 0.1) is 5.92 Å². The number of rotatable bonds is 3. The largest absolute Gasteiger partial charge is 0.340 e. The number of hydrogen-bond acceptors (Lipinski definition) is 3. The van der Waals surface area contributed by atoms with Crippen LogP contribution in [-0.2, 0) is 26.7 Å². The molecule has 0 bridgehead atoms. The molecular weight excluding hydrogens is 324 g/mol. The molecule has 1 heterocycles. The van der Waals surface area contributed by atoms with E-state index in [1.807, 2.05) is 4.90 Å². The van der Waals surface area contributed by atoms with E-state index < -0.39 is 10.0 Å². The third kappa shape index (κ3) is 2.39. The zero-order valence-corrected chi connectivity index (χ0v) is 14.9. The molecule has 5 nitrogen and oxygen atoms in total. The summed E-state index contributed by atoms with van der Waals surface area (Å²) in [5.41, 5.74) is 2.84. The van der Waals surface area contributed by atoms with Crippen LogP contribution >= 0.6 is 0 Å². The van der Waals surface area contributed by atoms with E-state index in [1.165, 1.54) is 15.4 Å². The first-order chi connectivity index (χ1) is 11.5. The summed E-state index contributed by atoms with van der Waals surface area (Å²) in [4.78, 5) is 14.8. The Kier molecular flexibility index (Phi) is 3.73. The zero-order chi connectivity index (χ0) is 16.9. The summed E-state index contributed by atoms with van der Waals surface area (Å²) < 4.78 is 25.4. The van der Waals surface area contributed by atoms with E-state index in [-0.39, 0.29) is 23.0 Å². The monoisotopic (exact) mass is 348 g/mol. The second-order valence-corrected chi connectivity index (χ2v) is 9.45. The van der Waals surface area contributed by atoms with Gasteiger partial charge in [0.2, 0.25) is 15.9 Å². The van der Waals surface area contributed by atoms with Crippen molar-refractivity contribution in [2.75, 3.05) is 31.9 Å². The van der Waals surface area contributed by atoms with Crippen LogP contribution in [0.3, 0.4) is 0 Å². The second kappa shape index (κ2) is 5.56. The van der Waals surface area contributed by atoms with Crippen molar-refractivity contribution in [1.82, 2.24) is 9.21 Å². The van der Waals surface area contributed by atoms with Crippen molar-refractivity contribution in [3.05, 3.63) is 35.4 Å². The van der Waals surface area contributed by atoms with Crippen molar-refractivity contribution in [2.45, 2.75) is 31.6 Å². The highest BCUT2D eigenvalue weighted by atomic mass is 32.2. The van der Waals surface area contributed by atoms with Crippen LogP contribution in [0.4, 0.5) is 0 Å². The summed E-state index contributed by atoms with van der Waals surface area (Å²) in [6.07, 6.45) is 3.10. The number of carbonyl (C=O) groups is 1. The Hall–Kier alpha value is -1.40. The SMILES string of the molecule is CCS(=O)(=O)N1CCN(C(=O)C2CC23CCc2ccccc23)CC1.